The molecule has 0 radical (unpaired) electrons. The van der Waals surface area contributed by atoms with Gasteiger partial charge in [-0.05, 0) is 44.7 Å². The van der Waals surface area contributed by atoms with Crippen molar-refractivity contribution in [1.29, 1.82) is 0 Å². The van der Waals surface area contributed by atoms with Gasteiger partial charge in [0.15, 0.2) is 0 Å². The molecule has 0 bridgehead atoms. The molecule has 2 amide bonds. The predicted octanol–water partition coefficient (Wildman–Crippen LogP) is 1.91. The van der Waals surface area contributed by atoms with Gasteiger partial charge in [0.2, 0.25) is 0 Å². The maximum absolute atomic E-state index is 12.2. The second kappa shape index (κ2) is 8.73. The lowest BCUT2D eigenvalue weighted by molar-refractivity contribution is 0.0564. The van der Waals surface area contributed by atoms with Gasteiger partial charge in [0, 0.05) is 32.6 Å². The van der Waals surface area contributed by atoms with E-state index in [0.29, 0.717) is 12.5 Å². The Morgan fingerprint density at radius 2 is 2.09 bits per heavy atom. The minimum Gasteiger partial charge on any atom is -0.393 e. The van der Waals surface area contributed by atoms with Crippen molar-refractivity contribution >= 4 is 6.03 Å². The van der Waals surface area contributed by atoms with Crippen LogP contribution in [-0.4, -0.2) is 66.8 Å². The normalized spacial score (nSPS) is 29.5. The third-order valence-corrected chi connectivity index (χ3v) is 5.18. The largest absolute Gasteiger partial charge is 0.393 e. The molecule has 2 N–H and O–H groups in total. The number of urea groups is 1. The standard InChI is InChI=1S/C17H33N3O2/c1-3-9-20-10-8-14(12-20)11-18-17(22)19(2)13-15-6-4-5-7-16(15)21/h14-16,21H,3-13H2,1-2H3,(H,18,22)/t14-,15-,16-/m1/s1. The average Bonchev–Trinajstić information content (AvgIpc) is 2.95. The molecule has 1 aliphatic carbocycles. The van der Waals surface area contributed by atoms with Crippen molar-refractivity contribution in [1.82, 2.24) is 15.1 Å². The van der Waals surface area contributed by atoms with Gasteiger partial charge < -0.3 is 20.2 Å². The molecule has 2 aliphatic rings. The number of rotatable bonds is 6. The van der Waals surface area contributed by atoms with Crippen LogP contribution in [0.2, 0.25) is 0 Å². The van der Waals surface area contributed by atoms with E-state index in [1.165, 1.54) is 32.4 Å². The van der Waals surface area contributed by atoms with Crippen LogP contribution in [0, 0.1) is 11.8 Å². The molecule has 0 aromatic heterocycles. The molecular weight excluding hydrogens is 278 g/mol. The van der Waals surface area contributed by atoms with E-state index in [1.807, 2.05) is 7.05 Å². The van der Waals surface area contributed by atoms with E-state index in [9.17, 15) is 9.90 Å². The van der Waals surface area contributed by atoms with Crippen molar-refractivity contribution in [3.8, 4) is 0 Å². The molecule has 0 unspecified atom stereocenters. The Bertz CT molecular complexity index is 351. The van der Waals surface area contributed by atoms with Crippen molar-refractivity contribution in [3.05, 3.63) is 0 Å². The molecule has 128 valence electrons. The van der Waals surface area contributed by atoms with E-state index in [2.05, 4.69) is 17.1 Å². The first-order chi connectivity index (χ1) is 10.6. The zero-order chi connectivity index (χ0) is 15.9. The summed E-state index contributed by atoms with van der Waals surface area (Å²) in [4.78, 5) is 16.4. The van der Waals surface area contributed by atoms with Crippen molar-refractivity contribution in [3.63, 3.8) is 0 Å². The van der Waals surface area contributed by atoms with E-state index in [0.717, 1.165) is 32.4 Å². The lowest BCUT2D eigenvalue weighted by Gasteiger charge is -2.31. The van der Waals surface area contributed by atoms with Gasteiger partial charge in [0.1, 0.15) is 0 Å². The summed E-state index contributed by atoms with van der Waals surface area (Å²) in [5.74, 6) is 0.834. The van der Waals surface area contributed by atoms with Gasteiger partial charge in [-0.25, -0.2) is 4.79 Å². The first kappa shape index (κ1) is 17.5. The van der Waals surface area contributed by atoms with Crippen molar-refractivity contribution in [2.75, 3.05) is 39.8 Å². The third kappa shape index (κ3) is 5.13. The Morgan fingerprint density at radius 1 is 1.32 bits per heavy atom. The minimum atomic E-state index is -0.235. The summed E-state index contributed by atoms with van der Waals surface area (Å²) < 4.78 is 0. The van der Waals surface area contributed by atoms with Gasteiger partial charge in [-0.15, -0.1) is 0 Å². The summed E-state index contributed by atoms with van der Waals surface area (Å²) in [7, 11) is 1.84. The minimum absolute atomic E-state index is 0.00622. The predicted molar refractivity (Wildman–Crippen MR) is 88.8 cm³/mol. The zero-order valence-corrected chi connectivity index (χ0v) is 14.3. The molecule has 5 nitrogen and oxygen atoms in total. The number of hydrogen-bond acceptors (Lipinski definition) is 3. The number of hydrogen-bond donors (Lipinski definition) is 2. The monoisotopic (exact) mass is 311 g/mol. The van der Waals surface area contributed by atoms with Gasteiger partial charge in [-0.3, -0.25) is 0 Å². The number of nitrogens with one attached hydrogen (secondary N) is 1. The topological polar surface area (TPSA) is 55.8 Å². The fourth-order valence-electron chi connectivity index (χ4n) is 3.80. The van der Waals surface area contributed by atoms with E-state index >= 15 is 0 Å². The summed E-state index contributed by atoms with van der Waals surface area (Å²) in [5.41, 5.74) is 0. The number of carbonyl (C=O) groups excluding carboxylic acids is 1. The van der Waals surface area contributed by atoms with E-state index < -0.39 is 0 Å². The molecular formula is C17H33N3O2. The molecule has 2 fully saturated rings. The SMILES string of the molecule is CCCN1CC[C@H](CNC(=O)N(C)C[C@H]2CCCC[C@H]2O)C1. The molecule has 0 aromatic carbocycles. The highest BCUT2D eigenvalue weighted by Crippen LogP contribution is 2.24. The van der Waals surface area contributed by atoms with Crippen LogP contribution in [0.15, 0.2) is 0 Å². The van der Waals surface area contributed by atoms with Crippen molar-refractivity contribution in [2.24, 2.45) is 11.8 Å². The van der Waals surface area contributed by atoms with Crippen LogP contribution < -0.4 is 5.32 Å². The summed E-state index contributed by atoms with van der Waals surface area (Å²) in [6, 6.07) is 0.00622. The second-order valence-electron chi connectivity index (χ2n) is 7.13. The van der Waals surface area contributed by atoms with Crippen LogP contribution in [0.5, 0.6) is 0 Å². The molecule has 22 heavy (non-hydrogen) atoms. The van der Waals surface area contributed by atoms with Crippen LogP contribution in [0.1, 0.15) is 45.4 Å². The highest BCUT2D eigenvalue weighted by molar-refractivity contribution is 5.73. The van der Waals surface area contributed by atoms with Gasteiger partial charge in [0.05, 0.1) is 6.10 Å². The molecule has 0 spiro atoms. The summed E-state index contributed by atoms with van der Waals surface area (Å²) in [6.45, 7) is 7.10. The average molecular weight is 311 g/mol. The van der Waals surface area contributed by atoms with E-state index in [1.54, 1.807) is 4.90 Å². The Morgan fingerprint density at radius 3 is 2.82 bits per heavy atom. The highest BCUT2D eigenvalue weighted by atomic mass is 16.3. The maximum atomic E-state index is 12.2. The fraction of sp³-hybridized carbons (Fsp3) is 0.941. The number of aliphatic hydroxyl groups excluding tert-OH is 1. The lowest BCUT2D eigenvalue weighted by Crippen LogP contribution is -2.44. The molecule has 3 atom stereocenters. The zero-order valence-electron chi connectivity index (χ0n) is 14.3. The number of likely N-dealkylation sites (tertiary alicyclic amines) is 1. The Labute approximate surface area is 135 Å². The molecule has 1 heterocycles. The van der Waals surface area contributed by atoms with E-state index in [4.69, 9.17) is 0 Å². The molecule has 5 heteroatoms. The molecule has 2 rings (SSSR count). The molecule has 1 aliphatic heterocycles. The van der Waals surface area contributed by atoms with Gasteiger partial charge in [-0.2, -0.15) is 0 Å². The number of nitrogens with zero attached hydrogens (tertiary/aromatic N) is 2. The second-order valence-corrected chi connectivity index (χ2v) is 7.13. The van der Waals surface area contributed by atoms with Crippen molar-refractivity contribution in [2.45, 2.75) is 51.6 Å². The first-order valence-electron chi connectivity index (χ1n) is 8.99. The number of carbonyl (C=O) groups is 1. The lowest BCUT2D eigenvalue weighted by atomic mass is 9.86. The maximum Gasteiger partial charge on any atom is 0.317 e. The number of aliphatic hydroxyl groups is 1. The smallest absolute Gasteiger partial charge is 0.317 e. The van der Waals surface area contributed by atoms with Crippen molar-refractivity contribution < 1.29 is 9.90 Å². The van der Waals surface area contributed by atoms with Crippen LogP contribution in [0.4, 0.5) is 4.79 Å². The van der Waals surface area contributed by atoms with Crippen LogP contribution >= 0.6 is 0 Å². The van der Waals surface area contributed by atoms with E-state index in [-0.39, 0.29) is 18.1 Å². The van der Waals surface area contributed by atoms with Gasteiger partial charge in [-0.1, -0.05) is 19.8 Å². The fourth-order valence-corrected chi connectivity index (χ4v) is 3.80. The van der Waals surface area contributed by atoms with Gasteiger partial charge >= 0.3 is 6.03 Å². The summed E-state index contributed by atoms with van der Waals surface area (Å²) in [5, 5.41) is 13.1. The van der Waals surface area contributed by atoms with Gasteiger partial charge in [0.25, 0.3) is 0 Å². The van der Waals surface area contributed by atoms with Crippen LogP contribution in [0.3, 0.4) is 0 Å². The van der Waals surface area contributed by atoms with Crippen LogP contribution in [-0.2, 0) is 0 Å². The molecule has 0 aromatic rings. The molecule has 1 saturated carbocycles. The van der Waals surface area contributed by atoms with Crippen LogP contribution in [0.25, 0.3) is 0 Å². The Balaban J connectivity index is 1.66. The Hall–Kier alpha value is -0.810. The summed E-state index contributed by atoms with van der Waals surface area (Å²) >= 11 is 0. The summed E-state index contributed by atoms with van der Waals surface area (Å²) in [6.07, 6.45) is 6.36. The highest BCUT2D eigenvalue weighted by Gasteiger charge is 2.26. The third-order valence-electron chi connectivity index (χ3n) is 5.18. The molecule has 1 saturated heterocycles. The Kier molecular flexibility index (Phi) is 6.96. The quantitative estimate of drug-likeness (QED) is 0.788. The first-order valence-corrected chi connectivity index (χ1v) is 8.99. The number of amides is 2.